The third-order valence-electron chi connectivity index (χ3n) is 4.36. The lowest BCUT2D eigenvalue weighted by Gasteiger charge is -2.15. The molecule has 0 atom stereocenters. The van der Waals surface area contributed by atoms with Gasteiger partial charge in [0.1, 0.15) is 4.21 Å². The Balaban J connectivity index is 1.72. The molecule has 152 valence electrons. The number of aryl methyl sites for hydroxylation is 1. The number of amides is 2. The van der Waals surface area contributed by atoms with Crippen LogP contribution in [-0.4, -0.2) is 44.7 Å². The van der Waals surface area contributed by atoms with Gasteiger partial charge in [-0.3, -0.25) is 9.59 Å². The summed E-state index contributed by atoms with van der Waals surface area (Å²) in [7, 11) is -2.01. The summed E-state index contributed by atoms with van der Waals surface area (Å²) in [6, 6.07) is 8.87. The topological polar surface area (TPSA) is 95.6 Å². The SMILES string of the molecule is Cc1cccc(NC(=O)CNC(=O)CCCN(C)S(=O)(=O)c2cccs2)c1C. The molecule has 2 amide bonds. The zero-order valence-corrected chi connectivity index (χ0v) is 17.8. The Morgan fingerprint density at radius 2 is 1.86 bits per heavy atom. The monoisotopic (exact) mass is 423 g/mol. The first-order valence-corrected chi connectivity index (χ1v) is 11.2. The number of nitrogens with one attached hydrogen (secondary N) is 2. The van der Waals surface area contributed by atoms with E-state index in [4.69, 9.17) is 0 Å². The number of carbonyl (C=O) groups excluding carboxylic acids is 2. The van der Waals surface area contributed by atoms with Crippen molar-refractivity contribution in [2.24, 2.45) is 0 Å². The minimum Gasteiger partial charge on any atom is -0.347 e. The molecule has 1 heterocycles. The van der Waals surface area contributed by atoms with Crippen molar-refractivity contribution in [1.82, 2.24) is 9.62 Å². The molecule has 2 N–H and O–H groups in total. The van der Waals surface area contributed by atoms with Crippen LogP contribution in [0.3, 0.4) is 0 Å². The van der Waals surface area contributed by atoms with Crippen LogP contribution in [-0.2, 0) is 19.6 Å². The molecule has 0 spiro atoms. The fourth-order valence-electron chi connectivity index (χ4n) is 2.49. The molecule has 0 saturated carbocycles. The van der Waals surface area contributed by atoms with Gasteiger partial charge in [-0.15, -0.1) is 11.3 Å². The highest BCUT2D eigenvalue weighted by molar-refractivity contribution is 7.91. The number of rotatable bonds is 9. The van der Waals surface area contributed by atoms with Gasteiger partial charge < -0.3 is 10.6 Å². The number of hydrogen-bond acceptors (Lipinski definition) is 5. The quantitative estimate of drug-likeness (QED) is 0.648. The van der Waals surface area contributed by atoms with E-state index in [2.05, 4.69) is 10.6 Å². The van der Waals surface area contributed by atoms with Gasteiger partial charge in [0.15, 0.2) is 0 Å². The summed E-state index contributed by atoms with van der Waals surface area (Å²) in [4.78, 5) is 23.9. The normalized spacial score (nSPS) is 11.4. The minimum atomic E-state index is -3.51. The summed E-state index contributed by atoms with van der Waals surface area (Å²) in [5.74, 6) is -0.600. The second-order valence-corrected chi connectivity index (χ2v) is 9.65. The highest BCUT2D eigenvalue weighted by Crippen LogP contribution is 2.20. The van der Waals surface area contributed by atoms with E-state index in [0.717, 1.165) is 28.2 Å². The molecule has 28 heavy (non-hydrogen) atoms. The molecule has 0 aliphatic carbocycles. The third kappa shape index (κ3) is 5.88. The second-order valence-electron chi connectivity index (χ2n) is 6.43. The van der Waals surface area contributed by atoms with Crippen LogP contribution in [0.2, 0.25) is 0 Å². The lowest BCUT2D eigenvalue weighted by atomic mass is 10.1. The van der Waals surface area contributed by atoms with E-state index in [-0.39, 0.29) is 35.5 Å². The Labute approximate surface area is 169 Å². The summed E-state index contributed by atoms with van der Waals surface area (Å²) in [5, 5.41) is 7.04. The third-order valence-corrected chi connectivity index (χ3v) is 7.59. The maximum atomic E-state index is 12.3. The second kappa shape index (κ2) is 9.81. The number of thiophene rings is 1. The molecule has 0 saturated heterocycles. The molecular weight excluding hydrogens is 398 g/mol. The Morgan fingerprint density at radius 3 is 2.54 bits per heavy atom. The van der Waals surface area contributed by atoms with Gasteiger partial charge in [-0.2, -0.15) is 0 Å². The average Bonchev–Trinajstić information content (AvgIpc) is 3.19. The van der Waals surface area contributed by atoms with Crippen LogP contribution in [0.25, 0.3) is 0 Å². The van der Waals surface area contributed by atoms with Gasteiger partial charge in [-0.05, 0) is 48.9 Å². The molecule has 0 radical (unpaired) electrons. The van der Waals surface area contributed by atoms with Crippen molar-refractivity contribution in [2.45, 2.75) is 30.9 Å². The van der Waals surface area contributed by atoms with Crippen molar-refractivity contribution in [3.63, 3.8) is 0 Å². The minimum absolute atomic E-state index is 0.129. The van der Waals surface area contributed by atoms with Crippen molar-refractivity contribution >= 4 is 38.9 Å². The molecule has 0 fully saturated rings. The molecule has 2 aromatic rings. The molecule has 1 aromatic heterocycles. The molecule has 1 aromatic carbocycles. The van der Waals surface area contributed by atoms with E-state index in [9.17, 15) is 18.0 Å². The smallest absolute Gasteiger partial charge is 0.252 e. The Bertz CT molecular complexity index is 925. The fraction of sp³-hybridized carbons (Fsp3) is 0.368. The van der Waals surface area contributed by atoms with Crippen LogP contribution >= 0.6 is 11.3 Å². The predicted octanol–water partition coefficient (Wildman–Crippen LogP) is 2.52. The lowest BCUT2D eigenvalue weighted by Crippen LogP contribution is -2.34. The molecule has 2 rings (SSSR count). The van der Waals surface area contributed by atoms with Gasteiger partial charge in [-0.25, -0.2) is 12.7 Å². The van der Waals surface area contributed by atoms with E-state index < -0.39 is 10.0 Å². The summed E-state index contributed by atoms with van der Waals surface area (Å²) in [6.07, 6.45) is 0.507. The van der Waals surface area contributed by atoms with Gasteiger partial charge in [0, 0.05) is 25.7 Å². The fourth-order valence-corrected chi connectivity index (χ4v) is 4.90. The van der Waals surface area contributed by atoms with Crippen molar-refractivity contribution < 1.29 is 18.0 Å². The number of carbonyl (C=O) groups is 2. The standard InChI is InChI=1S/C19H25N3O4S2/c1-14-7-4-8-16(15(14)2)21-18(24)13-20-17(23)9-5-11-22(3)28(25,26)19-10-6-12-27-19/h4,6-8,10,12H,5,9,11,13H2,1-3H3,(H,20,23)(H,21,24). The summed E-state index contributed by atoms with van der Waals surface area (Å²) in [6.45, 7) is 3.98. The number of sulfonamides is 1. The van der Waals surface area contributed by atoms with E-state index in [1.165, 1.54) is 11.4 Å². The Kier molecular flexibility index (Phi) is 7.73. The first-order valence-electron chi connectivity index (χ1n) is 8.84. The first-order chi connectivity index (χ1) is 13.2. The lowest BCUT2D eigenvalue weighted by molar-refractivity contribution is -0.124. The van der Waals surface area contributed by atoms with Crippen LogP contribution in [0.1, 0.15) is 24.0 Å². The highest BCUT2D eigenvalue weighted by Gasteiger charge is 2.21. The molecule has 0 aliphatic heterocycles. The Morgan fingerprint density at radius 1 is 1.11 bits per heavy atom. The van der Waals surface area contributed by atoms with Gasteiger partial charge in [-0.1, -0.05) is 18.2 Å². The number of nitrogens with zero attached hydrogens (tertiary/aromatic N) is 1. The van der Waals surface area contributed by atoms with Crippen LogP contribution in [0.15, 0.2) is 39.9 Å². The van der Waals surface area contributed by atoms with Crippen molar-refractivity contribution in [2.75, 3.05) is 25.5 Å². The van der Waals surface area contributed by atoms with Crippen molar-refractivity contribution in [3.8, 4) is 0 Å². The zero-order chi connectivity index (χ0) is 20.7. The number of benzene rings is 1. The molecule has 0 bridgehead atoms. The number of hydrogen-bond donors (Lipinski definition) is 2. The van der Waals surface area contributed by atoms with Crippen molar-refractivity contribution in [3.05, 3.63) is 46.8 Å². The average molecular weight is 424 g/mol. The molecule has 7 nitrogen and oxygen atoms in total. The number of anilines is 1. The van der Waals surface area contributed by atoms with Gasteiger partial charge >= 0.3 is 0 Å². The predicted molar refractivity (Wildman–Crippen MR) is 111 cm³/mol. The first kappa shape index (κ1) is 22.1. The molecule has 0 unspecified atom stereocenters. The van der Waals surface area contributed by atoms with Crippen LogP contribution in [0.4, 0.5) is 5.69 Å². The van der Waals surface area contributed by atoms with E-state index >= 15 is 0 Å². The summed E-state index contributed by atoms with van der Waals surface area (Å²) < 4.78 is 26.1. The van der Waals surface area contributed by atoms with Crippen LogP contribution < -0.4 is 10.6 Å². The molecule has 0 aliphatic rings. The zero-order valence-electron chi connectivity index (χ0n) is 16.2. The van der Waals surface area contributed by atoms with E-state index in [0.29, 0.717) is 6.42 Å². The highest BCUT2D eigenvalue weighted by atomic mass is 32.2. The maximum absolute atomic E-state index is 12.3. The van der Waals surface area contributed by atoms with Crippen LogP contribution in [0, 0.1) is 13.8 Å². The van der Waals surface area contributed by atoms with Gasteiger partial charge in [0.25, 0.3) is 10.0 Å². The van der Waals surface area contributed by atoms with Crippen LogP contribution in [0.5, 0.6) is 0 Å². The van der Waals surface area contributed by atoms with E-state index in [1.807, 2.05) is 32.0 Å². The molecular formula is C19H25N3O4S2. The van der Waals surface area contributed by atoms with E-state index in [1.54, 1.807) is 17.5 Å². The maximum Gasteiger partial charge on any atom is 0.252 e. The van der Waals surface area contributed by atoms with Gasteiger partial charge in [0.2, 0.25) is 11.8 Å². The largest absolute Gasteiger partial charge is 0.347 e. The van der Waals surface area contributed by atoms with Gasteiger partial charge in [0.05, 0.1) is 6.54 Å². The van der Waals surface area contributed by atoms with Crippen molar-refractivity contribution in [1.29, 1.82) is 0 Å². The summed E-state index contributed by atoms with van der Waals surface area (Å²) >= 11 is 1.16. The molecule has 9 heteroatoms. The Hall–Kier alpha value is -2.23. The summed E-state index contributed by atoms with van der Waals surface area (Å²) in [5.41, 5.74) is 2.78.